The van der Waals surface area contributed by atoms with Crippen LogP contribution < -0.4 is 10.6 Å². The fraction of sp³-hybridized carbons (Fsp3) is 0.357. The monoisotopic (exact) mass is 310 g/mol. The lowest BCUT2D eigenvalue weighted by molar-refractivity contribution is -0.139. The Morgan fingerprint density at radius 1 is 1.24 bits per heavy atom. The molecule has 0 saturated heterocycles. The van der Waals surface area contributed by atoms with E-state index in [1.54, 1.807) is 31.2 Å². The van der Waals surface area contributed by atoms with Crippen LogP contribution in [0.1, 0.15) is 17.7 Å². The van der Waals surface area contributed by atoms with Gasteiger partial charge in [0, 0.05) is 7.05 Å². The summed E-state index contributed by atoms with van der Waals surface area (Å²) in [6.45, 7) is 2.01. The molecule has 21 heavy (non-hydrogen) atoms. The van der Waals surface area contributed by atoms with E-state index in [0.717, 1.165) is 11.8 Å². The fourth-order valence-corrected chi connectivity index (χ4v) is 2.49. The number of imide groups is 1. The quantitative estimate of drug-likeness (QED) is 0.778. The van der Waals surface area contributed by atoms with Gasteiger partial charge in [0.25, 0.3) is 0 Å². The lowest BCUT2D eigenvalue weighted by Crippen LogP contribution is -2.39. The molecule has 114 valence electrons. The fourth-order valence-electron chi connectivity index (χ4n) is 1.55. The maximum atomic E-state index is 12.1. The average molecular weight is 310 g/mol. The second-order valence-corrected chi connectivity index (χ2v) is 5.07. The van der Waals surface area contributed by atoms with Crippen LogP contribution in [0.15, 0.2) is 30.3 Å². The van der Waals surface area contributed by atoms with Crippen molar-refractivity contribution in [2.24, 2.45) is 0 Å². The minimum atomic E-state index is -0.659. The summed E-state index contributed by atoms with van der Waals surface area (Å²) in [5, 5.41) is 3.88. The largest absolute Gasteiger partial charge is 0.465 e. The van der Waals surface area contributed by atoms with Gasteiger partial charge in [-0.1, -0.05) is 30.3 Å². The van der Waals surface area contributed by atoms with E-state index in [4.69, 9.17) is 4.74 Å². The molecule has 0 fully saturated rings. The number of carbonyl (C=O) groups excluding carboxylic acids is 3. The molecule has 0 saturated carbocycles. The molecule has 1 atom stereocenters. The third-order valence-electron chi connectivity index (χ3n) is 2.48. The number of esters is 1. The van der Waals surface area contributed by atoms with Crippen LogP contribution in [0.4, 0.5) is 4.79 Å². The van der Waals surface area contributed by atoms with E-state index < -0.39 is 23.2 Å². The maximum Gasteiger partial charge on any atom is 0.321 e. The summed E-state index contributed by atoms with van der Waals surface area (Å²) in [5.41, 5.74) is 0.716. The van der Waals surface area contributed by atoms with Crippen LogP contribution in [0.2, 0.25) is 0 Å². The Kier molecular flexibility index (Phi) is 7.31. The van der Waals surface area contributed by atoms with Gasteiger partial charge in [0.1, 0.15) is 5.25 Å². The predicted molar refractivity (Wildman–Crippen MR) is 80.9 cm³/mol. The molecule has 6 nitrogen and oxygen atoms in total. The topological polar surface area (TPSA) is 84.5 Å². The second-order valence-electron chi connectivity index (χ2n) is 3.98. The number of hydrogen-bond acceptors (Lipinski definition) is 5. The first-order valence-corrected chi connectivity index (χ1v) is 7.48. The van der Waals surface area contributed by atoms with Gasteiger partial charge in [-0.25, -0.2) is 4.79 Å². The molecule has 0 aliphatic rings. The minimum absolute atomic E-state index is 0.0363. The Bertz CT molecular complexity index is 493. The van der Waals surface area contributed by atoms with Gasteiger partial charge >= 0.3 is 12.0 Å². The summed E-state index contributed by atoms with van der Waals surface area (Å²) in [4.78, 5) is 34.8. The first kappa shape index (κ1) is 17.0. The van der Waals surface area contributed by atoms with Crippen LogP contribution in [0.3, 0.4) is 0 Å². The Morgan fingerprint density at radius 2 is 1.90 bits per heavy atom. The van der Waals surface area contributed by atoms with Crippen molar-refractivity contribution >= 4 is 29.7 Å². The molecule has 3 amide bonds. The SMILES string of the molecule is CCOC(=O)CS[C@H](C(=O)NC(=O)NC)c1ccccc1. The highest BCUT2D eigenvalue weighted by atomic mass is 32.2. The van der Waals surface area contributed by atoms with Gasteiger partial charge in [0.2, 0.25) is 5.91 Å². The van der Waals surface area contributed by atoms with Crippen LogP contribution in [0, 0.1) is 0 Å². The van der Waals surface area contributed by atoms with E-state index in [1.807, 2.05) is 6.07 Å². The summed E-state index contributed by atoms with van der Waals surface area (Å²) < 4.78 is 4.84. The highest BCUT2D eigenvalue weighted by molar-refractivity contribution is 8.00. The number of carbonyl (C=O) groups is 3. The van der Waals surface area contributed by atoms with Crippen molar-refractivity contribution in [3.05, 3.63) is 35.9 Å². The highest BCUT2D eigenvalue weighted by Crippen LogP contribution is 2.29. The molecule has 1 aromatic rings. The van der Waals surface area contributed by atoms with E-state index in [9.17, 15) is 14.4 Å². The second kappa shape index (κ2) is 9.02. The smallest absolute Gasteiger partial charge is 0.321 e. The lowest BCUT2D eigenvalue weighted by atomic mass is 10.1. The normalized spacial score (nSPS) is 11.3. The van der Waals surface area contributed by atoms with E-state index >= 15 is 0 Å². The van der Waals surface area contributed by atoms with Crippen molar-refractivity contribution in [3.63, 3.8) is 0 Å². The van der Waals surface area contributed by atoms with Crippen molar-refractivity contribution in [2.45, 2.75) is 12.2 Å². The zero-order valence-corrected chi connectivity index (χ0v) is 12.7. The van der Waals surface area contributed by atoms with Crippen LogP contribution in [0.5, 0.6) is 0 Å². The van der Waals surface area contributed by atoms with Crippen LogP contribution in [-0.4, -0.2) is 37.3 Å². The summed E-state index contributed by atoms with van der Waals surface area (Å²) >= 11 is 1.12. The summed E-state index contributed by atoms with van der Waals surface area (Å²) in [7, 11) is 1.42. The summed E-state index contributed by atoms with van der Waals surface area (Å²) in [5.74, 6) is -0.833. The maximum absolute atomic E-state index is 12.1. The highest BCUT2D eigenvalue weighted by Gasteiger charge is 2.23. The number of thioether (sulfide) groups is 1. The summed E-state index contributed by atoms with van der Waals surface area (Å²) in [6, 6.07) is 8.37. The number of amides is 3. The molecular formula is C14H18N2O4S. The zero-order valence-electron chi connectivity index (χ0n) is 11.9. The van der Waals surface area contributed by atoms with Gasteiger partial charge in [-0.3, -0.25) is 14.9 Å². The molecule has 0 heterocycles. The first-order valence-electron chi connectivity index (χ1n) is 6.43. The Labute approximate surface area is 127 Å². The third kappa shape index (κ3) is 5.86. The Hall–Kier alpha value is -2.02. The van der Waals surface area contributed by atoms with Crippen molar-refractivity contribution in [3.8, 4) is 0 Å². The van der Waals surface area contributed by atoms with Crippen LogP contribution in [0.25, 0.3) is 0 Å². The molecule has 0 unspecified atom stereocenters. The van der Waals surface area contributed by atoms with Gasteiger partial charge in [0.15, 0.2) is 0 Å². The van der Waals surface area contributed by atoms with Crippen molar-refractivity contribution < 1.29 is 19.1 Å². The number of urea groups is 1. The van der Waals surface area contributed by atoms with Gasteiger partial charge in [-0.15, -0.1) is 11.8 Å². The van der Waals surface area contributed by atoms with Crippen molar-refractivity contribution in [1.29, 1.82) is 0 Å². The van der Waals surface area contributed by atoms with Crippen molar-refractivity contribution in [2.75, 3.05) is 19.4 Å². The number of nitrogens with one attached hydrogen (secondary N) is 2. The molecule has 1 aromatic carbocycles. The molecule has 0 spiro atoms. The van der Waals surface area contributed by atoms with Crippen LogP contribution >= 0.6 is 11.8 Å². The molecule has 0 aromatic heterocycles. The Balaban J connectivity index is 2.78. The molecule has 1 rings (SSSR count). The third-order valence-corrected chi connectivity index (χ3v) is 3.70. The first-order chi connectivity index (χ1) is 10.1. The van der Waals surface area contributed by atoms with E-state index in [2.05, 4.69) is 10.6 Å². The molecule has 7 heteroatoms. The molecule has 0 aliphatic heterocycles. The summed E-state index contributed by atoms with van der Waals surface area (Å²) in [6.07, 6.45) is 0. The van der Waals surface area contributed by atoms with Crippen LogP contribution in [-0.2, 0) is 14.3 Å². The number of benzene rings is 1. The van der Waals surface area contributed by atoms with Gasteiger partial charge in [-0.05, 0) is 12.5 Å². The van der Waals surface area contributed by atoms with Gasteiger partial charge in [0.05, 0.1) is 12.4 Å². The standard InChI is InChI=1S/C14H18N2O4S/c1-3-20-11(17)9-21-12(10-7-5-4-6-8-10)13(18)16-14(19)15-2/h4-8,12H,3,9H2,1-2H3,(H2,15,16,18,19)/t12-/m0/s1. The van der Waals surface area contributed by atoms with E-state index in [0.29, 0.717) is 12.2 Å². The van der Waals surface area contributed by atoms with Gasteiger partial charge < -0.3 is 10.1 Å². The molecule has 0 radical (unpaired) electrons. The molecule has 0 aliphatic carbocycles. The molecule has 2 N–H and O–H groups in total. The lowest BCUT2D eigenvalue weighted by Gasteiger charge is -2.15. The molecular weight excluding hydrogens is 292 g/mol. The zero-order chi connectivity index (χ0) is 15.7. The molecule has 0 bridgehead atoms. The number of hydrogen-bond donors (Lipinski definition) is 2. The average Bonchev–Trinajstić information content (AvgIpc) is 2.48. The Morgan fingerprint density at radius 3 is 2.48 bits per heavy atom. The number of rotatable bonds is 6. The van der Waals surface area contributed by atoms with Crippen molar-refractivity contribution in [1.82, 2.24) is 10.6 Å². The van der Waals surface area contributed by atoms with Gasteiger partial charge in [-0.2, -0.15) is 0 Å². The number of ether oxygens (including phenoxy) is 1. The van der Waals surface area contributed by atoms with E-state index in [1.165, 1.54) is 7.05 Å². The minimum Gasteiger partial charge on any atom is -0.465 e. The van der Waals surface area contributed by atoms with E-state index in [-0.39, 0.29) is 5.75 Å². The predicted octanol–water partition coefficient (Wildman–Crippen LogP) is 1.48.